The molecule has 1 atom stereocenters. The van der Waals surface area contributed by atoms with E-state index in [1.54, 1.807) is 0 Å². The molecule has 3 heteroatoms. The quantitative estimate of drug-likeness (QED) is 0.694. The fourth-order valence-electron chi connectivity index (χ4n) is 1.70. The lowest BCUT2D eigenvalue weighted by Gasteiger charge is -2.31. The molecule has 0 bridgehead atoms. The van der Waals surface area contributed by atoms with Crippen LogP contribution in [0, 0.1) is 5.92 Å². The van der Waals surface area contributed by atoms with E-state index < -0.39 is 0 Å². The Morgan fingerprint density at radius 2 is 1.92 bits per heavy atom. The maximum atomic E-state index is 5.31. The first-order valence-electron chi connectivity index (χ1n) is 5.21. The molecule has 0 aliphatic carbocycles. The van der Waals surface area contributed by atoms with Gasteiger partial charge >= 0.3 is 0 Å². The lowest BCUT2D eigenvalue weighted by atomic mass is 10.0. The normalized spacial score (nSPS) is 22.2. The zero-order valence-electron chi connectivity index (χ0n) is 9.05. The second-order valence-corrected chi connectivity index (χ2v) is 4.05. The third-order valence-electron chi connectivity index (χ3n) is 2.73. The minimum atomic E-state index is 0.609. The van der Waals surface area contributed by atoms with Gasteiger partial charge in [-0.15, -0.1) is 0 Å². The predicted molar refractivity (Wildman–Crippen MR) is 54.9 cm³/mol. The summed E-state index contributed by atoms with van der Waals surface area (Å²) < 4.78 is 5.31. The zero-order valence-corrected chi connectivity index (χ0v) is 9.05. The Labute approximate surface area is 81.4 Å². The third-order valence-corrected chi connectivity index (χ3v) is 2.73. The highest BCUT2D eigenvalue weighted by molar-refractivity contribution is 4.74. The van der Waals surface area contributed by atoms with Gasteiger partial charge in [-0.1, -0.05) is 13.8 Å². The number of ether oxygens (including phenoxy) is 1. The van der Waals surface area contributed by atoms with Crippen LogP contribution in [0.5, 0.6) is 0 Å². The van der Waals surface area contributed by atoms with Gasteiger partial charge in [-0.25, -0.2) is 0 Å². The number of likely N-dealkylation sites (N-methyl/N-ethyl adjacent to an activating group) is 1. The van der Waals surface area contributed by atoms with Gasteiger partial charge in [0.05, 0.1) is 13.2 Å². The second-order valence-electron chi connectivity index (χ2n) is 4.05. The number of hydrogen-bond donors (Lipinski definition) is 1. The highest BCUT2D eigenvalue weighted by Gasteiger charge is 2.17. The van der Waals surface area contributed by atoms with Crippen molar-refractivity contribution in [1.29, 1.82) is 0 Å². The summed E-state index contributed by atoms with van der Waals surface area (Å²) in [4.78, 5) is 2.48. The van der Waals surface area contributed by atoms with Crippen LogP contribution < -0.4 is 5.32 Å². The molecule has 1 saturated heterocycles. The van der Waals surface area contributed by atoms with Gasteiger partial charge in [0.2, 0.25) is 0 Å². The van der Waals surface area contributed by atoms with Crippen LogP contribution in [0.4, 0.5) is 0 Å². The average Bonchev–Trinajstić information content (AvgIpc) is 2.15. The van der Waals surface area contributed by atoms with E-state index in [1.165, 1.54) is 0 Å². The molecule has 0 aromatic rings. The summed E-state index contributed by atoms with van der Waals surface area (Å²) >= 11 is 0. The van der Waals surface area contributed by atoms with E-state index in [2.05, 4.69) is 24.1 Å². The summed E-state index contributed by atoms with van der Waals surface area (Å²) in [6, 6.07) is 0.609. The molecule has 0 amide bonds. The summed E-state index contributed by atoms with van der Waals surface area (Å²) in [7, 11) is 2.05. The Kier molecular flexibility index (Phi) is 4.70. The van der Waals surface area contributed by atoms with Gasteiger partial charge in [0.25, 0.3) is 0 Å². The largest absolute Gasteiger partial charge is 0.379 e. The van der Waals surface area contributed by atoms with E-state index >= 15 is 0 Å². The van der Waals surface area contributed by atoms with Gasteiger partial charge in [0.1, 0.15) is 0 Å². The van der Waals surface area contributed by atoms with Gasteiger partial charge in [0, 0.05) is 25.7 Å². The summed E-state index contributed by atoms with van der Waals surface area (Å²) in [6.45, 7) is 9.65. The highest BCUT2D eigenvalue weighted by Crippen LogP contribution is 2.05. The molecule has 0 aromatic heterocycles. The molecule has 1 N–H and O–H groups in total. The monoisotopic (exact) mass is 186 g/mol. The number of rotatable bonds is 4. The van der Waals surface area contributed by atoms with Gasteiger partial charge < -0.3 is 10.1 Å². The minimum absolute atomic E-state index is 0.609. The van der Waals surface area contributed by atoms with Gasteiger partial charge in [-0.2, -0.15) is 0 Å². The summed E-state index contributed by atoms with van der Waals surface area (Å²) in [5.41, 5.74) is 0. The van der Waals surface area contributed by atoms with Crippen LogP contribution in [-0.2, 0) is 4.74 Å². The molecule has 0 spiro atoms. The standard InChI is InChI=1S/C10H22N2O/c1-9(2)10(11-3)8-12-4-6-13-7-5-12/h9-11H,4-8H2,1-3H3/t10-/m1/s1. The van der Waals surface area contributed by atoms with Crippen molar-refractivity contribution in [2.24, 2.45) is 5.92 Å². The van der Waals surface area contributed by atoms with E-state index in [0.29, 0.717) is 12.0 Å². The molecular weight excluding hydrogens is 164 g/mol. The Morgan fingerprint density at radius 3 is 2.38 bits per heavy atom. The van der Waals surface area contributed by atoms with Crippen molar-refractivity contribution in [2.45, 2.75) is 19.9 Å². The van der Waals surface area contributed by atoms with Crippen molar-refractivity contribution in [3.63, 3.8) is 0 Å². The maximum Gasteiger partial charge on any atom is 0.0594 e. The molecule has 1 aliphatic rings. The Balaban J connectivity index is 2.27. The lowest BCUT2D eigenvalue weighted by Crippen LogP contribution is -2.46. The smallest absolute Gasteiger partial charge is 0.0594 e. The predicted octanol–water partition coefficient (Wildman–Crippen LogP) is 0.563. The molecule has 1 heterocycles. The van der Waals surface area contributed by atoms with Crippen molar-refractivity contribution in [3.05, 3.63) is 0 Å². The first-order chi connectivity index (χ1) is 6.24. The Hall–Kier alpha value is -0.120. The average molecular weight is 186 g/mol. The molecule has 0 radical (unpaired) electrons. The molecule has 78 valence electrons. The van der Waals surface area contributed by atoms with Crippen molar-refractivity contribution < 1.29 is 4.74 Å². The molecule has 1 rings (SSSR count). The van der Waals surface area contributed by atoms with Crippen LogP contribution in [0.2, 0.25) is 0 Å². The number of morpholine rings is 1. The van der Waals surface area contributed by atoms with Crippen molar-refractivity contribution in [1.82, 2.24) is 10.2 Å². The number of nitrogens with one attached hydrogen (secondary N) is 1. The first kappa shape index (κ1) is 11.0. The fourth-order valence-corrected chi connectivity index (χ4v) is 1.70. The molecule has 0 saturated carbocycles. The van der Waals surface area contributed by atoms with Crippen LogP contribution in [0.3, 0.4) is 0 Å². The molecule has 0 aromatic carbocycles. The van der Waals surface area contributed by atoms with E-state index in [-0.39, 0.29) is 0 Å². The molecule has 3 nitrogen and oxygen atoms in total. The maximum absolute atomic E-state index is 5.31. The van der Waals surface area contributed by atoms with Crippen molar-refractivity contribution >= 4 is 0 Å². The molecule has 13 heavy (non-hydrogen) atoms. The Morgan fingerprint density at radius 1 is 1.31 bits per heavy atom. The molecule has 0 unspecified atom stereocenters. The summed E-state index contributed by atoms with van der Waals surface area (Å²) in [6.07, 6.45) is 0. The van der Waals surface area contributed by atoms with Crippen LogP contribution in [-0.4, -0.2) is 50.8 Å². The van der Waals surface area contributed by atoms with Gasteiger partial charge in [-0.3, -0.25) is 4.90 Å². The van der Waals surface area contributed by atoms with Crippen LogP contribution in [0.25, 0.3) is 0 Å². The third kappa shape index (κ3) is 3.63. The summed E-state index contributed by atoms with van der Waals surface area (Å²) in [5.74, 6) is 0.702. The van der Waals surface area contributed by atoms with Crippen LogP contribution in [0.15, 0.2) is 0 Å². The topological polar surface area (TPSA) is 24.5 Å². The fraction of sp³-hybridized carbons (Fsp3) is 1.00. The van der Waals surface area contributed by atoms with Gasteiger partial charge in [-0.05, 0) is 13.0 Å². The van der Waals surface area contributed by atoms with Crippen molar-refractivity contribution in [2.75, 3.05) is 39.9 Å². The van der Waals surface area contributed by atoms with Crippen LogP contribution in [0.1, 0.15) is 13.8 Å². The van der Waals surface area contributed by atoms with E-state index in [0.717, 1.165) is 32.8 Å². The summed E-state index contributed by atoms with van der Waals surface area (Å²) in [5, 5.41) is 3.37. The van der Waals surface area contributed by atoms with E-state index in [9.17, 15) is 0 Å². The van der Waals surface area contributed by atoms with Gasteiger partial charge in [0.15, 0.2) is 0 Å². The molecule has 1 aliphatic heterocycles. The van der Waals surface area contributed by atoms with Crippen LogP contribution >= 0.6 is 0 Å². The van der Waals surface area contributed by atoms with E-state index in [1.807, 2.05) is 7.05 Å². The zero-order chi connectivity index (χ0) is 9.68. The second kappa shape index (κ2) is 5.58. The van der Waals surface area contributed by atoms with Crippen molar-refractivity contribution in [3.8, 4) is 0 Å². The minimum Gasteiger partial charge on any atom is -0.379 e. The lowest BCUT2D eigenvalue weighted by molar-refractivity contribution is 0.0315. The SMILES string of the molecule is CN[C@H](CN1CCOCC1)C(C)C. The number of nitrogens with zero attached hydrogens (tertiary/aromatic N) is 1. The Bertz CT molecular complexity index is 133. The molecular formula is C10H22N2O. The number of hydrogen-bond acceptors (Lipinski definition) is 3. The highest BCUT2D eigenvalue weighted by atomic mass is 16.5. The van der Waals surface area contributed by atoms with E-state index in [4.69, 9.17) is 4.74 Å². The first-order valence-corrected chi connectivity index (χ1v) is 5.21. The molecule has 1 fully saturated rings.